The molecule has 2 aliphatic rings. The first-order valence-corrected chi connectivity index (χ1v) is 11.7. The van der Waals surface area contributed by atoms with E-state index in [0.717, 1.165) is 52.7 Å². The van der Waals surface area contributed by atoms with Crippen LogP contribution in [-0.4, -0.2) is 63.2 Å². The molecule has 2 aliphatic heterocycles. The molecule has 0 spiro atoms. The lowest BCUT2D eigenvalue weighted by atomic mass is 10.1. The Hall–Kier alpha value is -2.71. The molecule has 1 N–H and O–H groups in total. The van der Waals surface area contributed by atoms with Gasteiger partial charge in [0.25, 0.3) is 0 Å². The van der Waals surface area contributed by atoms with Crippen LogP contribution in [0.25, 0.3) is 10.9 Å². The molecule has 31 heavy (non-hydrogen) atoms. The van der Waals surface area contributed by atoms with Crippen molar-refractivity contribution in [3.05, 3.63) is 48.4 Å². The normalized spacial score (nSPS) is 21.3. The van der Waals surface area contributed by atoms with E-state index in [-0.39, 0.29) is 18.0 Å². The molecular formula is C23H26N6OS. The molecule has 0 aliphatic carbocycles. The van der Waals surface area contributed by atoms with E-state index in [2.05, 4.69) is 43.9 Å². The molecule has 160 valence electrons. The molecule has 3 aromatic rings. The first-order chi connectivity index (χ1) is 15.1. The minimum atomic E-state index is 0.00327. The van der Waals surface area contributed by atoms with Crippen LogP contribution >= 0.6 is 11.8 Å². The Kier molecular flexibility index (Phi) is 5.50. The van der Waals surface area contributed by atoms with Crippen LogP contribution in [0.2, 0.25) is 0 Å². The van der Waals surface area contributed by atoms with Crippen molar-refractivity contribution in [1.29, 1.82) is 0 Å². The highest BCUT2D eigenvalue weighted by Gasteiger charge is 2.34. The molecule has 7 nitrogen and oxygen atoms in total. The maximum absolute atomic E-state index is 12.8. The summed E-state index contributed by atoms with van der Waals surface area (Å²) in [5.41, 5.74) is 2.97. The number of nitrogens with zero attached hydrogens (tertiary/aromatic N) is 5. The van der Waals surface area contributed by atoms with E-state index in [0.29, 0.717) is 6.54 Å². The predicted octanol–water partition coefficient (Wildman–Crippen LogP) is 3.21. The summed E-state index contributed by atoms with van der Waals surface area (Å²) in [6, 6.07) is 10.2. The van der Waals surface area contributed by atoms with Crippen LogP contribution < -0.4 is 10.2 Å². The van der Waals surface area contributed by atoms with E-state index in [4.69, 9.17) is 0 Å². The first kappa shape index (κ1) is 20.2. The van der Waals surface area contributed by atoms with E-state index in [9.17, 15) is 4.79 Å². The molecule has 4 heterocycles. The number of aromatic nitrogens is 3. The van der Waals surface area contributed by atoms with Gasteiger partial charge in [-0.3, -0.25) is 14.7 Å². The van der Waals surface area contributed by atoms with Crippen molar-refractivity contribution in [3.8, 4) is 0 Å². The lowest BCUT2D eigenvalue weighted by Gasteiger charge is -2.45. The van der Waals surface area contributed by atoms with E-state index in [1.54, 1.807) is 12.5 Å². The van der Waals surface area contributed by atoms with E-state index in [1.165, 1.54) is 5.56 Å². The molecule has 0 bridgehead atoms. The van der Waals surface area contributed by atoms with Crippen LogP contribution in [0.4, 0.5) is 11.5 Å². The summed E-state index contributed by atoms with van der Waals surface area (Å²) in [5.74, 6) is 2.15. The van der Waals surface area contributed by atoms with Crippen molar-refractivity contribution in [2.75, 3.05) is 35.6 Å². The van der Waals surface area contributed by atoms with Gasteiger partial charge in [-0.1, -0.05) is 6.07 Å². The third-order valence-corrected chi connectivity index (χ3v) is 7.03. The summed E-state index contributed by atoms with van der Waals surface area (Å²) in [7, 11) is 0. The standard InChI is InChI=1S/C23H26N6OS/c1-15-11-28(12-16(2)29(15)22-18-8-10-31-23(18)26-14-25-22)13-21(30)27-20-7-3-6-19-17(20)5-4-9-24-19/h3-7,9,14-16H,8,10-13H2,1-2H3,(H,27,30)/t15-,16+. The van der Waals surface area contributed by atoms with Crippen molar-refractivity contribution < 1.29 is 4.79 Å². The van der Waals surface area contributed by atoms with Crippen molar-refractivity contribution in [3.63, 3.8) is 0 Å². The highest BCUT2D eigenvalue weighted by molar-refractivity contribution is 7.99. The molecule has 0 radical (unpaired) electrons. The van der Waals surface area contributed by atoms with Crippen LogP contribution in [0.5, 0.6) is 0 Å². The van der Waals surface area contributed by atoms with Gasteiger partial charge < -0.3 is 10.2 Å². The summed E-state index contributed by atoms with van der Waals surface area (Å²) in [6.45, 7) is 6.44. The molecule has 1 fully saturated rings. The van der Waals surface area contributed by atoms with Crippen LogP contribution in [0.3, 0.4) is 0 Å². The molecule has 1 amide bonds. The molecule has 5 rings (SSSR count). The number of thioether (sulfide) groups is 1. The lowest BCUT2D eigenvalue weighted by Crippen LogP contribution is -2.58. The van der Waals surface area contributed by atoms with Crippen LogP contribution in [0, 0.1) is 0 Å². The van der Waals surface area contributed by atoms with Crippen molar-refractivity contribution in [2.24, 2.45) is 0 Å². The first-order valence-electron chi connectivity index (χ1n) is 10.7. The van der Waals surface area contributed by atoms with Gasteiger partial charge in [0.1, 0.15) is 17.2 Å². The number of carbonyl (C=O) groups is 1. The van der Waals surface area contributed by atoms with Gasteiger partial charge in [0.15, 0.2) is 0 Å². The minimum absolute atomic E-state index is 0.00327. The number of hydrogen-bond acceptors (Lipinski definition) is 7. The zero-order valence-corrected chi connectivity index (χ0v) is 18.6. The van der Waals surface area contributed by atoms with Crippen molar-refractivity contribution in [2.45, 2.75) is 37.4 Å². The number of fused-ring (bicyclic) bond motifs is 2. The van der Waals surface area contributed by atoms with Crippen LogP contribution in [0.1, 0.15) is 19.4 Å². The fourth-order valence-corrected chi connectivity index (χ4v) is 5.78. The Balaban J connectivity index is 1.27. The fourth-order valence-electron chi connectivity index (χ4n) is 4.79. The fraction of sp³-hybridized carbons (Fsp3) is 0.391. The molecule has 2 atom stereocenters. The van der Waals surface area contributed by atoms with Gasteiger partial charge in [0, 0.05) is 48.1 Å². The molecule has 2 aromatic heterocycles. The maximum atomic E-state index is 12.8. The predicted molar refractivity (Wildman–Crippen MR) is 125 cm³/mol. The number of hydrogen-bond donors (Lipinski definition) is 1. The summed E-state index contributed by atoms with van der Waals surface area (Å²) in [5, 5.41) is 5.16. The number of piperazine rings is 1. The SMILES string of the molecule is C[C@@H]1CN(CC(=O)Nc2cccc3ncccc23)C[C@H](C)N1c1ncnc2c1CCS2. The summed E-state index contributed by atoms with van der Waals surface area (Å²) in [4.78, 5) is 30.9. The second kappa shape index (κ2) is 8.43. The number of pyridine rings is 1. The Morgan fingerprint density at radius 2 is 1.97 bits per heavy atom. The second-order valence-corrected chi connectivity index (χ2v) is 9.39. The largest absolute Gasteiger partial charge is 0.348 e. The number of amides is 1. The quantitative estimate of drug-likeness (QED) is 0.632. The second-order valence-electron chi connectivity index (χ2n) is 8.30. The van der Waals surface area contributed by atoms with Gasteiger partial charge in [0.05, 0.1) is 17.7 Å². The third-order valence-electron chi connectivity index (χ3n) is 6.00. The molecule has 1 aromatic carbocycles. The Bertz CT molecular complexity index is 1100. The van der Waals surface area contributed by atoms with Gasteiger partial charge in [-0.25, -0.2) is 9.97 Å². The number of rotatable bonds is 4. The Morgan fingerprint density at radius 1 is 1.13 bits per heavy atom. The highest BCUT2D eigenvalue weighted by Crippen LogP contribution is 2.36. The number of anilines is 2. The monoisotopic (exact) mass is 434 g/mol. The van der Waals surface area contributed by atoms with E-state index >= 15 is 0 Å². The molecular weight excluding hydrogens is 408 g/mol. The molecule has 0 saturated carbocycles. The van der Waals surface area contributed by atoms with Gasteiger partial charge in [-0.15, -0.1) is 11.8 Å². The minimum Gasteiger partial charge on any atom is -0.348 e. The average Bonchev–Trinajstić information content (AvgIpc) is 3.23. The van der Waals surface area contributed by atoms with Crippen molar-refractivity contribution in [1.82, 2.24) is 19.9 Å². The van der Waals surface area contributed by atoms with Gasteiger partial charge in [-0.05, 0) is 44.5 Å². The average molecular weight is 435 g/mol. The van der Waals surface area contributed by atoms with E-state index < -0.39 is 0 Å². The summed E-state index contributed by atoms with van der Waals surface area (Å²) >= 11 is 1.81. The third kappa shape index (κ3) is 3.97. The van der Waals surface area contributed by atoms with Crippen LogP contribution in [0.15, 0.2) is 47.9 Å². The number of benzene rings is 1. The highest BCUT2D eigenvalue weighted by atomic mass is 32.2. The molecule has 8 heteroatoms. The zero-order valence-electron chi connectivity index (χ0n) is 17.8. The van der Waals surface area contributed by atoms with Crippen molar-refractivity contribution >= 4 is 40.1 Å². The zero-order chi connectivity index (χ0) is 21.4. The van der Waals surface area contributed by atoms with Gasteiger partial charge >= 0.3 is 0 Å². The molecule has 1 saturated heterocycles. The maximum Gasteiger partial charge on any atom is 0.238 e. The summed E-state index contributed by atoms with van der Waals surface area (Å²) in [6.07, 6.45) is 4.48. The number of nitrogens with one attached hydrogen (secondary N) is 1. The summed E-state index contributed by atoms with van der Waals surface area (Å²) < 4.78 is 0. The van der Waals surface area contributed by atoms with Gasteiger partial charge in [0.2, 0.25) is 5.91 Å². The smallest absolute Gasteiger partial charge is 0.238 e. The van der Waals surface area contributed by atoms with Crippen LogP contribution in [-0.2, 0) is 11.2 Å². The number of carbonyl (C=O) groups excluding carboxylic acids is 1. The topological polar surface area (TPSA) is 74.2 Å². The molecule has 0 unspecified atom stereocenters. The Morgan fingerprint density at radius 3 is 2.81 bits per heavy atom. The lowest BCUT2D eigenvalue weighted by molar-refractivity contribution is -0.117. The van der Waals surface area contributed by atoms with E-state index in [1.807, 2.05) is 42.1 Å². The Labute approximate surface area is 186 Å². The van der Waals surface area contributed by atoms with Gasteiger partial charge in [-0.2, -0.15) is 0 Å².